The van der Waals surface area contributed by atoms with Gasteiger partial charge in [-0.25, -0.2) is 17.2 Å². The van der Waals surface area contributed by atoms with Crippen LogP contribution in [0.2, 0.25) is 0 Å². The van der Waals surface area contributed by atoms with E-state index in [2.05, 4.69) is 5.32 Å². The molecule has 0 bridgehead atoms. The average Bonchev–Trinajstić information content (AvgIpc) is 3.14. The van der Waals surface area contributed by atoms with Gasteiger partial charge < -0.3 is 10.2 Å². The molecule has 1 aromatic rings. The maximum absolute atomic E-state index is 13.9. The monoisotopic (exact) mass is 402 g/mol. The van der Waals surface area contributed by atoms with E-state index in [9.17, 15) is 22.0 Å². The van der Waals surface area contributed by atoms with Gasteiger partial charge in [-0.05, 0) is 31.9 Å². The number of benzene rings is 1. The predicted molar refractivity (Wildman–Crippen MR) is 95.7 cm³/mol. The smallest absolute Gasteiger partial charge is 0.278 e. The van der Waals surface area contributed by atoms with Gasteiger partial charge in [0.05, 0.1) is 26.2 Å². The van der Waals surface area contributed by atoms with Crippen LogP contribution in [0.4, 0.5) is 8.78 Å². The van der Waals surface area contributed by atoms with E-state index in [1.54, 1.807) is 0 Å². The summed E-state index contributed by atoms with van der Waals surface area (Å²) in [6, 6.07) is 2.96. The Labute approximate surface area is 158 Å². The highest BCUT2D eigenvalue weighted by Crippen LogP contribution is 2.22. The van der Waals surface area contributed by atoms with Gasteiger partial charge >= 0.3 is 0 Å². The molecule has 150 valence electrons. The Morgan fingerprint density at radius 3 is 2.30 bits per heavy atom. The fourth-order valence-corrected chi connectivity index (χ4v) is 5.44. The molecule has 2 aliphatic rings. The van der Waals surface area contributed by atoms with Gasteiger partial charge in [0.15, 0.2) is 10.9 Å². The maximum atomic E-state index is 13.9. The number of hydrogen-bond donors (Lipinski definition) is 2. The van der Waals surface area contributed by atoms with Crippen LogP contribution in [0.25, 0.3) is 0 Å². The second-order valence-electron chi connectivity index (χ2n) is 7.32. The van der Waals surface area contributed by atoms with Crippen LogP contribution in [-0.4, -0.2) is 56.9 Å². The third-order valence-corrected chi connectivity index (χ3v) is 7.54. The Bertz CT molecular complexity index is 769. The molecule has 0 aromatic heterocycles. The number of sulfonamides is 1. The van der Waals surface area contributed by atoms with Gasteiger partial charge in [0.1, 0.15) is 11.6 Å². The van der Waals surface area contributed by atoms with Crippen molar-refractivity contribution in [2.24, 2.45) is 0 Å². The topological polar surface area (TPSA) is 70.9 Å². The van der Waals surface area contributed by atoms with E-state index < -0.39 is 26.6 Å². The standard InChI is InChI=1S/C18H25F2N3O3S/c1-13(18(24)21-14-5-2-3-6-14)22-9-11-23(12-10-22)27(25,26)17-15(19)7-4-8-16(17)20/h4,7-8,13-14H,2-3,5-6,9-12H2,1H3,(H,21,24)/p+1/t13-/m0/s1. The summed E-state index contributed by atoms with van der Waals surface area (Å²) in [5, 5.41) is 3.07. The number of hydrogen-bond acceptors (Lipinski definition) is 3. The molecule has 0 radical (unpaired) electrons. The minimum atomic E-state index is -4.24. The minimum absolute atomic E-state index is 0.0200. The molecule has 9 heteroatoms. The number of nitrogens with one attached hydrogen (secondary N) is 2. The molecule has 1 amide bonds. The fourth-order valence-electron chi connectivity index (χ4n) is 3.89. The van der Waals surface area contributed by atoms with E-state index >= 15 is 0 Å². The second-order valence-corrected chi connectivity index (χ2v) is 9.20. The van der Waals surface area contributed by atoms with Crippen molar-refractivity contribution in [1.82, 2.24) is 9.62 Å². The number of amides is 1. The van der Waals surface area contributed by atoms with Crippen molar-refractivity contribution in [3.63, 3.8) is 0 Å². The summed E-state index contributed by atoms with van der Waals surface area (Å²) in [4.78, 5) is 12.5. The highest BCUT2D eigenvalue weighted by Gasteiger charge is 2.37. The number of halogens is 2. The van der Waals surface area contributed by atoms with E-state index in [-0.39, 0.29) is 31.1 Å². The number of piperazine rings is 1. The van der Waals surface area contributed by atoms with Gasteiger partial charge in [-0.2, -0.15) is 4.31 Å². The lowest BCUT2D eigenvalue weighted by Crippen LogP contribution is -3.19. The zero-order valence-electron chi connectivity index (χ0n) is 15.4. The SMILES string of the molecule is C[C@@H](C(=O)NC1CCCC1)[NH+]1CCN(S(=O)(=O)c2c(F)cccc2F)CC1. The van der Waals surface area contributed by atoms with Gasteiger partial charge in [0.25, 0.3) is 5.91 Å². The molecule has 1 saturated carbocycles. The molecule has 1 aliphatic heterocycles. The zero-order valence-corrected chi connectivity index (χ0v) is 16.2. The fraction of sp³-hybridized carbons (Fsp3) is 0.611. The van der Waals surface area contributed by atoms with Crippen molar-refractivity contribution in [3.8, 4) is 0 Å². The van der Waals surface area contributed by atoms with Gasteiger partial charge in [0, 0.05) is 6.04 Å². The van der Waals surface area contributed by atoms with E-state index in [1.807, 2.05) is 6.92 Å². The minimum Gasteiger partial charge on any atom is -0.348 e. The Morgan fingerprint density at radius 1 is 1.19 bits per heavy atom. The van der Waals surface area contributed by atoms with Crippen LogP contribution in [0.1, 0.15) is 32.6 Å². The first-order chi connectivity index (χ1) is 12.8. The molecular formula is C18H26F2N3O3S+. The summed E-state index contributed by atoms with van der Waals surface area (Å²) in [7, 11) is -4.24. The molecule has 1 atom stereocenters. The lowest BCUT2D eigenvalue weighted by Gasteiger charge is -2.34. The summed E-state index contributed by atoms with van der Waals surface area (Å²) in [6.07, 6.45) is 4.28. The average molecular weight is 402 g/mol. The molecule has 3 rings (SSSR count). The molecule has 1 aromatic carbocycles. The van der Waals surface area contributed by atoms with E-state index in [1.165, 1.54) is 0 Å². The summed E-state index contributed by atoms with van der Waals surface area (Å²) in [6.45, 7) is 2.89. The molecule has 27 heavy (non-hydrogen) atoms. The lowest BCUT2D eigenvalue weighted by molar-refractivity contribution is -0.917. The predicted octanol–water partition coefficient (Wildman–Crippen LogP) is 0.301. The molecule has 6 nitrogen and oxygen atoms in total. The highest BCUT2D eigenvalue weighted by atomic mass is 32.2. The van der Waals surface area contributed by atoms with Crippen LogP contribution < -0.4 is 10.2 Å². The first kappa shape index (κ1) is 20.2. The quantitative estimate of drug-likeness (QED) is 0.744. The number of rotatable bonds is 5. The lowest BCUT2D eigenvalue weighted by atomic mass is 10.2. The largest absolute Gasteiger partial charge is 0.348 e. The number of nitrogens with zero attached hydrogens (tertiary/aromatic N) is 1. The summed E-state index contributed by atoms with van der Waals surface area (Å²) in [5.41, 5.74) is 0. The van der Waals surface area contributed by atoms with Crippen molar-refractivity contribution in [2.45, 2.75) is 49.6 Å². The molecule has 1 heterocycles. The molecule has 2 N–H and O–H groups in total. The molecule has 0 unspecified atom stereocenters. The molecule has 1 aliphatic carbocycles. The molecule has 1 saturated heterocycles. The van der Waals surface area contributed by atoms with Gasteiger partial charge in [0.2, 0.25) is 10.0 Å². The molecular weight excluding hydrogens is 376 g/mol. The first-order valence-corrected chi connectivity index (χ1v) is 10.8. The maximum Gasteiger partial charge on any atom is 0.278 e. The number of quaternary nitrogens is 1. The highest BCUT2D eigenvalue weighted by molar-refractivity contribution is 7.89. The Hall–Kier alpha value is -1.58. The van der Waals surface area contributed by atoms with Crippen LogP contribution >= 0.6 is 0 Å². The number of carbonyl (C=O) groups excluding carboxylic acids is 1. The van der Waals surface area contributed by atoms with Gasteiger partial charge in [-0.3, -0.25) is 4.79 Å². The number of carbonyl (C=O) groups is 1. The normalized spacial score (nSPS) is 21.3. The van der Waals surface area contributed by atoms with Crippen molar-refractivity contribution in [2.75, 3.05) is 26.2 Å². The van der Waals surface area contributed by atoms with Gasteiger partial charge in [-0.15, -0.1) is 0 Å². The Kier molecular flexibility index (Phi) is 6.12. The van der Waals surface area contributed by atoms with Crippen molar-refractivity contribution < 1.29 is 26.9 Å². The third-order valence-electron chi connectivity index (χ3n) is 5.59. The van der Waals surface area contributed by atoms with Crippen molar-refractivity contribution in [1.29, 1.82) is 0 Å². The van der Waals surface area contributed by atoms with Crippen LogP contribution in [0.15, 0.2) is 23.1 Å². The molecule has 2 fully saturated rings. The van der Waals surface area contributed by atoms with E-state index in [0.29, 0.717) is 13.1 Å². The first-order valence-electron chi connectivity index (χ1n) is 9.40. The van der Waals surface area contributed by atoms with Crippen LogP contribution in [-0.2, 0) is 14.8 Å². The third kappa shape index (κ3) is 4.30. The summed E-state index contributed by atoms with van der Waals surface area (Å²) in [5.74, 6) is -2.20. The van der Waals surface area contributed by atoms with Gasteiger partial charge in [-0.1, -0.05) is 18.9 Å². The second kappa shape index (κ2) is 8.20. The summed E-state index contributed by atoms with van der Waals surface area (Å²) < 4.78 is 54.2. The Morgan fingerprint density at radius 2 is 1.74 bits per heavy atom. The van der Waals surface area contributed by atoms with Crippen molar-refractivity contribution in [3.05, 3.63) is 29.8 Å². The van der Waals surface area contributed by atoms with Crippen LogP contribution in [0.5, 0.6) is 0 Å². The van der Waals surface area contributed by atoms with Crippen LogP contribution in [0, 0.1) is 11.6 Å². The van der Waals surface area contributed by atoms with E-state index in [4.69, 9.17) is 0 Å². The van der Waals surface area contributed by atoms with E-state index in [0.717, 1.165) is 53.1 Å². The van der Waals surface area contributed by atoms with Crippen LogP contribution in [0.3, 0.4) is 0 Å². The zero-order chi connectivity index (χ0) is 19.6. The summed E-state index contributed by atoms with van der Waals surface area (Å²) >= 11 is 0. The van der Waals surface area contributed by atoms with Crippen molar-refractivity contribution >= 4 is 15.9 Å². The Balaban J connectivity index is 1.62. The molecule has 0 spiro atoms.